The molecule has 0 bridgehead atoms. The minimum absolute atomic E-state index is 0.0296. The zero-order chi connectivity index (χ0) is 13.7. The average Bonchev–Trinajstić information content (AvgIpc) is 2.75. The van der Waals surface area contributed by atoms with Gasteiger partial charge < -0.3 is 10.0 Å². The van der Waals surface area contributed by atoms with E-state index >= 15 is 0 Å². The molecule has 0 saturated heterocycles. The molecule has 5 heteroatoms. The van der Waals surface area contributed by atoms with Crippen molar-refractivity contribution in [3.05, 3.63) is 24.0 Å². The third-order valence-electron chi connectivity index (χ3n) is 3.50. The molecule has 1 aromatic rings. The Morgan fingerprint density at radius 3 is 2.95 bits per heavy atom. The summed E-state index contributed by atoms with van der Waals surface area (Å²) in [4.78, 5) is 14.1. The summed E-state index contributed by atoms with van der Waals surface area (Å²) < 4.78 is 1.71. The Morgan fingerprint density at radius 1 is 1.63 bits per heavy atom. The average molecular weight is 263 g/mol. The first kappa shape index (κ1) is 13.8. The molecular weight excluding hydrogens is 242 g/mol. The highest BCUT2D eigenvalue weighted by atomic mass is 16.3. The second kappa shape index (κ2) is 6.52. The van der Waals surface area contributed by atoms with E-state index in [1.807, 2.05) is 18.1 Å². The Bertz CT molecular complexity index is 449. The van der Waals surface area contributed by atoms with Gasteiger partial charge in [-0.1, -0.05) is 0 Å². The van der Waals surface area contributed by atoms with Crippen LogP contribution >= 0.6 is 0 Å². The monoisotopic (exact) mass is 263 g/mol. The maximum atomic E-state index is 12.2. The fourth-order valence-electron chi connectivity index (χ4n) is 2.20. The summed E-state index contributed by atoms with van der Waals surface area (Å²) in [5.74, 6) is 0.0296. The number of aliphatic hydroxyl groups is 1. The van der Waals surface area contributed by atoms with Gasteiger partial charge in [-0.3, -0.25) is 9.48 Å². The number of aryl methyl sites for hydroxylation is 1. The van der Waals surface area contributed by atoms with E-state index < -0.39 is 0 Å². The lowest BCUT2D eigenvalue weighted by molar-refractivity contribution is -0.130. The molecule has 1 heterocycles. The SMILES string of the molecule is Cn1cc(/C=C/C(=O)N(CCCO)C2CCC2)cn1. The molecule has 1 N–H and O–H groups in total. The Kier molecular flexibility index (Phi) is 4.74. The lowest BCUT2D eigenvalue weighted by Gasteiger charge is -2.37. The Morgan fingerprint density at radius 2 is 2.42 bits per heavy atom. The Hall–Kier alpha value is -1.62. The highest BCUT2D eigenvalue weighted by molar-refractivity contribution is 5.92. The van der Waals surface area contributed by atoms with E-state index in [9.17, 15) is 4.79 Å². The molecule has 0 atom stereocenters. The summed E-state index contributed by atoms with van der Waals surface area (Å²) >= 11 is 0. The molecule has 104 valence electrons. The van der Waals surface area contributed by atoms with Crippen LogP contribution in [0, 0.1) is 0 Å². The molecule has 1 amide bonds. The number of rotatable bonds is 6. The van der Waals surface area contributed by atoms with Gasteiger partial charge in [0.05, 0.1) is 6.20 Å². The standard InChI is InChI=1S/C14H21N3O2/c1-16-11-12(10-15-16)6-7-14(19)17(8-3-9-18)13-4-2-5-13/h6-7,10-11,13,18H,2-5,8-9H2,1H3/b7-6+. The van der Waals surface area contributed by atoms with Crippen molar-refractivity contribution in [2.75, 3.05) is 13.2 Å². The smallest absolute Gasteiger partial charge is 0.246 e. The van der Waals surface area contributed by atoms with Gasteiger partial charge in [0.15, 0.2) is 0 Å². The predicted molar refractivity (Wildman–Crippen MR) is 73.3 cm³/mol. The van der Waals surface area contributed by atoms with Crippen molar-refractivity contribution < 1.29 is 9.90 Å². The minimum atomic E-state index is 0.0296. The first-order valence-electron chi connectivity index (χ1n) is 6.79. The number of carbonyl (C=O) groups is 1. The normalized spacial score (nSPS) is 15.7. The van der Waals surface area contributed by atoms with Gasteiger partial charge >= 0.3 is 0 Å². The molecule has 1 aromatic heterocycles. The third kappa shape index (κ3) is 3.67. The molecule has 0 aromatic carbocycles. The number of carbonyl (C=O) groups excluding carboxylic acids is 1. The van der Waals surface area contributed by atoms with Crippen molar-refractivity contribution in [1.82, 2.24) is 14.7 Å². The predicted octanol–water partition coefficient (Wildman–Crippen LogP) is 1.20. The molecule has 2 rings (SSSR count). The van der Waals surface area contributed by atoms with Crippen LogP contribution in [0.2, 0.25) is 0 Å². The van der Waals surface area contributed by atoms with Gasteiger partial charge in [-0.25, -0.2) is 0 Å². The number of nitrogens with zero attached hydrogens (tertiary/aromatic N) is 3. The fraction of sp³-hybridized carbons (Fsp3) is 0.571. The van der Waals surface area contributed by atoms with Crippen LogP contribution in [0.1, 0.15) is 31.2 Å². The van der Waals surface area contributed by atoms with E-state index in [2.05, 4.69) is 5.10 Å². The molecular formula is C14H21N3O2. The van der Waals surface area contributed by atoms with Crippen LogP contribution in [0.5, 0.6) is 0 Å². The zero-order valence-electron chi connectivity index (χ0n) is 11.3. The molecule has 19 heavy (non-hydrogen) atoms. The highest BCUT2D eigenvalue weighted by Crippen LogP contribution is 2.25. The maximum Gasteiger partial charge on any atom is 0.246 e. The lowest BCUT2D eigenvalue weighted by atomic mass is 9.91. The highest BCUT2D eigenvalue weighted by Gasteiger charge is 2.26. The van der Waals surface area contributed by atoms with Crippen LogP contribution < -0.4 is 0 Å². The molecule has 1 saturated carbocycles. The van der Waals surface area contributed by atoms with Crippen LogP contribution in [0.4, 0.5) is 0 Å². The summed E-state index contributed by atoms with van der Waals surface area (Å²) in [6, 6.07) is 0.359. The largest absolute Gasteiger partial charge is 0.396 e. The first-order valence-corrected chi connectivity index (χ1v) is 6.79. The van der Waals surface area contributed by atoms with Crippen molar-refractivity contribution in [3.63, 3.8) is 0 Å². The molecule has 1 aliphatic carbocycles. The van der Waals surface area contributed by atoms with Crippen LogP contribution in [-0.2, 0) is 11.8 Å². The molecule has 0 spiro atoms. The van der Waals surface area contributed by atoms with Gasteiger partial charge in [-0.05, 0) is 31.8 Å². The number of hydrogen-bond acceptors (Lipinski definition) is 3. The van der Waals surface area contributed by atoms with Crippen molar-refractivity contribution in [1.29, 1.82) is 0 Å². The molecule has 1 aliphatic rings. The summed E-state index contributed by atoms with van der Waals surface area (Å²) in [6.07, 6.45) is 11.0. The van der Waals surface area contributed by atoms with Gasteiger partial charge in [0.25, 0.3) is 0 Å². The second-order valence-corrected chi connectivity index (χ2v) is 4.97. The van der Waals surface area contributed by atoms with Gasteiger partial charge in [0.2, 0.25) is 5.91 Å². The third-order valence-corrected chi connectivity index (χ3v) is 3.50. The van der Waals surface area contributed by atoms with Gasteiger partial charge in [0.1, 0.15) is 0 Å². The summed E-state index contributed by atoms with van der Waals surface area (Å²) in [6.45, 7) is 0.764. The molecule has 0 radical (unpaired) electrons. The van der Waals surface area contributed by atoms with E-state index in [4.69, 9.17) is 5.11 Å². The van der Waals surface area contributed by atoms with Crippen LogP contribution in [0.3, 0.4) is 0 Å². The molecule has 0 unspecified atom stereocenters. The van der Waals surface area contributed by atoms with Crippen molar-refractivity contribution in [3.8, 4) is 0 Å². The lowest BCUT2D eigenvalue weighted by Crippen LogP contribution is -2.44. The molecule has 5 nitrogen and oxygen atoms in total. The zero-order valence-corrected chi connectivity index (χ0v) is 11.3. The summed E-state index contributed by atoms with van der Waals surface area (Å²) in [5, 5.41) is 13.0. The van der Waals surface area contributed by atoms with Crippen LogP contribution in [0.25, 0.3) is 6.08 Å². The van der Waals surface area contributed by atoms with Gasteiger partial charge in [-0.2, -0.15) is 5.10 Å². The summed E-state index contributed by atoms with van der Waals surface area (Å²) in [7, 11) is 1.85. The number of hydrogen-bond donors (Lipinski definition) is 1. The van der Waals surface area contributed by atoms with Crippen LogP contribution in [-0.4, -0.2) is 44.9 Å². The van der Waals surface area contributed by atoms with Crippen LogP contribution in [0.15, 0.2) is 18.5 Å². The van der Waals surface area contributed by atoms with E-state index in [0.29, 0.717) is 19.0 Å². The van der Waals surface area contributed by atoms with Crippen molar-refractivity contribution in [2.24, 2.45) is 7.05 Å². The van der Waals surface area contributed by atoms with Crippen molar-refractivity contribution in [2.45, 2.75) is 31.7 Å². The number of aliphatic hydroxyl groups excluding tert-OH is 1. The Balaban J connectivity index is 1.96. The topological polar surface area (TPSA) is 58.4 Å². The van der Waals surface area contributed by atoms with E-state index in [0.717, 1.165) is 18.4 Å². The van der Waals surface area contributed by atoms with Crippen molar-refractivity contribution >= 4 is 12.0 Å². The number of amides is 1. The van der Waals surface area contributed by atoms with E-state index in [1.165, 1.54) is 6.42 Å². The van der Waals surface area contributed by atoms with Gasteiger partial charge in [0, 0.05) is 44.1 Å². The summed E-state index contributed by atoms with van der Waals surface area (Å²) in [5.41, 5.74) is 0.923. The fourth-order valence-corrected chi connectivity index (χ4v) is 2.20. The second-order valence-electron chi connectivity index (χ2n) is 4.97. The quantitative estimate of drug-likeness (QED) is 0.784. The molecule has 0 aliphatic heterocycles. The first-order chi connectivity index (χ1) is 9.20. The number of aromatic nitrogens is 2. The van der Waals surface area contributed by atoms with E-state index in [1.54, 1.807) is 23.0 Å². The Labute approximate surface area is 113 Å². The molecule has 1 fully saturated rings. The minimum Gasteiger partial charge on any atom is -0.396 e. The maximum absolute atomic E-state index is 12.2. The van der Waals surface area contributed by atoms with Gasteiger partial charge in [-0.15, -0.1) is 0 Å². The van der Waals surface area contributed by atoms with E-state index in [-0.39, 0.29) is 12.5 Å².